The van der Waals surface area contributed by atoms with Gasteiger partial charge in [-0.25, -0.2) is 5.43 Å². The van der Waals surface area contributed by atoms with E-state index in [1.807, 2.05) is 42.5 Å². The number of halogens is 2. The summed E-state index contributed by atoms with van der Waals surface area (Å²) in [5.41, 5.74) is 4.05. The van der Waals surface area contributed by atoms with Crippen molar-refractivity contribution in [3.8, 4) is 11.5 Å². The van der Waals surface area contributed by atoms with Gasteiger partial charge in [-0.15, -0.1) is 0 Å². The molecule has 2 amide bonds. The maximum atomic E-state index is 13.0. The van der Waals surface area contributed by atoms with Crippen LogP contribution in [0.15, 0.2) is 90.6 Å². The van der Waals surface area contributed by atoms with Gasteiger partial charge in [-0.1, -0.05) is 78.3 Å². The summed E-state index contributed by atoms with van der Waals surface area (Å²) in [5.74, 6) is -0.0787. The van der Waals surface area contributed by atoms with Crippen LogP contribution in [0.2, 0.25) is 10.0 Å². The van der Waals surface area contributed by atoms with E-state index in [4.69, 9.17) is 32.7 Å². The van der Waals surface area contributed by atoms with E-state index in [9.17, 15) is 9.59 Å². The van der Waals surface area contributed by atoms with Crippen LogP contribution in [-0.4, -0.2) is 36.8 Å². The first-order chi connectivity index (χ1) is 17.9. The second-order valence-corrected chi connectivity index (χ2v) is 8.80. The van der Waals surface area contributed by atoms with Crippen molar-refractivity contribution in [3.63, 3.8) is 0 Å². The second kappa shape index (κ2) is 14.1. The van der Waals surface area contributed by atoms with E-state index in [1.165, 1.54) is 12.3 Å². The lowest BCUT2D eigenvalue weighted by Crippen LogP contribution is -2.50. The third-order valence-corrected chi connectivity index (χ3v) is 5.67. The van der Waals surface area contributed by atoms with E-state index in [-0.39, 0.29) is 11.4 Å². The summed E-state index contributed by atoms with van der Waals surface area (Å²) in [7, 11) is 0. The van der Waals surface area contributed by atoms with Crippen LogP contribution in [0.1, 0.15) is 18.1 Å². The van der Waals surface area contributed by atoms with Crippen molar-refractivity contribution in [2.45, 2.75) is 25.5 Å². The molecule has 0 aliphatic heterocycles. The van der Waals surface area contributed by atoms with Crippen molar-refractivity contribution in [1.29, 1.82) is 0 Å². The highest BCUT2D eigenvalue weighted by atomic mass is 35.5. The van der Waals surface area contributed by atoms with E-state index in [0.29, 0.717) is 28.7 Å². The normalized spacial score (nSPS) is 12.4. The number of hydrazone groups is 1. The Morgan fingerprint density at radius 2 is 1.73 bits per heavy atom. The maximum absolute atomic E-state index is 13.0. The molecular weight excluding hydrogens is 513 g/mol. The lowest BCUT2D eigenvalue weighted by atomic mass is 10.1. The lowest BCUT2D eigenvalue weighted by molar-refractivity contribution is -0.132. The summed E-state index contributed by atoms with van der Waals surface area (Å²) in [6, 6.07) is 20.4. The van der Waals surface area contributed by atoms with Gasteiger partial charge in [-0.2, -0.15) is 5.10 Å². The average Bonchev–Trinajstić information content (AvgIpc) is 2.89. The molecule has 37 heavy (non-hydrogen) atoms. The fraction of sp³-hybridized carbons (Fsp3) is 0.179. The molecule has 0 heterocycles. The van der Waals surface area contributed by atoms with Gasteiger partial charge in [0.2, 0.25) is 0 Å². The molecule has 0 aliphatic rings. The summed E-state index contributed by atoms with van der Waals surface area (Å²) in [6.07, 6.45) is 2.44. The zero-order chi connectivity index (χ0) is 26.6. The van der Waals surface area contributed by atoms with Crippen molar-refractivity contribution in [2.24, 2.45) is 5.10 Å². The monoisotopic (exact) mass is 539 g/mol. The summed E-state index contributed by atoms with van der Waals surface area (Å²) in [4.78, 5) is 26.0. The minimum Gasteiger partial charge on any atom is -0.489 e. The molecule has 0 radical (unpaired) electrons. The molecule has 2 N–H and O–H groups in total. The molecule has 2 atom stereocenters. The van der Waals surface area contributed by atoms with E-state index in [1.54, 1.807) is 37.3 Å². The SMILES string of the molecule is C=CCOc1ccccc1/C=N\NC(=O)[C@@H](Cc1ccccc1)NC(=O)[C@@H](C)Oc1ccc(Cl)cc1Cl. The highest BCUT2D eigenvalue weighted by molar-refractivity contribution is 6.35. The number of hydrogen-bond donors (Lipinski definition) is 2. The molecule has 0 saturated heterocycles. The maximum Gasteiger partial charge on any atom is 0.262 e. The van der Waals surface area contributed by atoms with Crippen LogP contribution < -0.4 is 20.2 Å². The van der Waals surface area contributed by atoms with Gasteiger partial charge in [-0.05, 0) is 42.8 Å². The Balaban J connectivity index is 1.70. The van der Waals surface area contributed by atoms with Crippen LogP contribution >= 0.6 is 23.2 Å². The van der Waals surface area contributed by atoms with Crippen molar-refractivity contribution < 1.29 is 19.1 Å². The molecule has 192 valence electrons. The molecule has 3 aromatic carbocycles. The molecule has 0 fully saturated rings. The van der Waals surface area contributed by atoms with Gasteiger partial charge >= 0.3 is 0 Å². The van der Waals surface area contributed by atoms with Crippen LogP contribution in [0.3, 0.4) is 0 Å². The second-order valence-electron chi connectivity index (χ2n) is 7.96. The van der Waals surface area contributed by atoms with E-state index < -0.39 is 24.0 Å². The van der Waals surface area contributed by atoms with Crippen LogP contribution in [-0.2, 0) is 16.0 Å². The molecule has 0 aliphatic carbocycles. The van der Waals surface area contributed by atoms with Crippen LogP contribution in [0.5, 0.6) is 11.5 Å². The number of rotatable bonds is 12. The number of ether oxygens (including phenoxy) is 2. The number of carbonyl (C=O) groups excluding carboxylic acids is 2. The Kier molecular flexibility index (Phi) is 10.6. The number of carbonyl (C=O) groups is 2. The summed E-state index contributed by atoms with van der Waals surface area (Å²) in [5, 5.41) is 7.54. The molecule has 0 bridgehead atoms. The largest absolute Gasteiger partial charge is 0.489 e. The van der Waals surface area contributed by atoms with Crippen LogP contribution in [0.25, 0.3) is 0 Å². The van der Waals surface area contributed by atoms with Crippen LogP contribution in [0.4, 0.5) is 0 Å². The number of hydrogen-bond acceptors (Lipinski definition) is 5. The smallest absolute Gasteiger partial charge is 0.262 e. The minimum absolute atomic E-state index is 0.251. The third kappa shape index (κ3) is 8.66. The Morgan fingerprint density at radius 1 is 1.00 bits per heavy atom. The van der Waals surface area contributed by atoms with Crippen molar-refractivity contribution in [3.05, 3.63) is 107 Å². The minimum atomic E-state index is -0.929. The molecule has 0 saturated carbocycles. The predicted octanol–water partition coefficient (Wildman–Crippen LogP) is 5.20. The molecule has 0 spiro atoms. The Labute approximate surface area is 226 Å². The molecular formula is C28H27Cl2N3O4. The molecule has 3 aromatic rings. The molecule has 7 nitrogen and oxygen atoms in total. The Hall–Kier alpha value is -3.81. The molecule has 9 heteroatoms. The highest BCUT2D eigenvalue weighted by Gasteiger charge is 2.25. The van der Waals surface area contributed by atoms with Crippen LogP contribution in [0, 0.1) is 0 Å². The van der Waals surface area contributed by atoms with Crippen molar-refractivity contribution in [2.75, 3.05) is 6.61 Å². The third-order valence-electron chi connectivity index (χ3n) is 5.14. The Morgan fingerprint density at radius 3 is 2.46 bits per heavy atom. The van der Waals surface area contributed by atoms with Gasteiger partial charge in [0.05, 0.1) is 11.2 Å². The lowest BCUT2D eigenvalue weighted by Gasteiger charge is -2.21. The molecule has 0 aromatic heterocycles. The zero-order valence-corrected chi connectivity index (χ0v) is 21.7. The van der Waals surface area contributed by atoms with Gasteiger partial charge in [0.15, 0.2) is 6.10 Å². The average molecular weight is 540 g/mol. The summed E-state index contributed by atoms with van der Waals surface area (Å²) in [6.45, 7) is 5.54. The van der Waals surface area contributed by atoms with Gasteiger partial charge < -0.3 is 14.8 Å². The standard InChI is InChI=1S/C28H27Cl2N3O4/c1-3-15-36-25-12-8-7-11-21(25)18-31-33-28(35)24(16-20-9-5-4-6-10-20)32-27(34)19(2)37-26-14-13-22(29)17-23(26)30/h3-14,17-19,24H,1,15-16H2,2H3,(H,32,34)(H,33,35)/b31-18-/t19-,24-/m1/s1. The van der Waals surface area contributed by atoms with Crippen molar-refractivity contribution >= 4 is 41.2 Å². The zero-order valence-electron chi connectivity index (χ0n) is 20.2. The summed E-state index contributed by atoms with van der Waals surface area (Å²) < 4.78 is 11.3. The van der Waals surface area contributed by atoms with Gasteiger partial charge in [0.25, 0.3) is 11.8 Å². The predicted molar refractivity (Wildman–Crippen MR) is 146 cm³/mol. The van der Waals surface area contributed by atoms with Gasteiger partial charge in [0, 0.05) is 17.0 Å². The van der Waals surface area contributed by atoms with E-state index in [0.717, 1.165) is 5.56 Å². The fourth-order valence-electron chi connectivity index (χ4n) is 3.27. The van der Waals surface area contributed by atoms with E-state index in [2.05, 4.69) is 22.4 Å². The van der Waals surface area contributed by atoms with Crippen molar-refractivity contribution in [1.82, 2.24) is 10.7 Å². The first kappa shape index (κ1) is 27.8. The fourth-order valence-corrected chi connectivity index (χ4v) is 3.73. The topological polar surface area (TPSA) is 89.0 Å². The number of para-hydroxylation sites is 1. The quantitative estimate of drug-likeness (QED) is 0.188. The first-order valence-corrected chi connectivity index (χ1v) is 12.2. The van der Waals surface area contributed by atoms with E-state index >= 15 is 0 Å². The highest BCUT2D eigenvalue weighted by Crippen LogP contribution is 2.28. The molecule has 0 unspecified atom stereocenters. The first-order valence-electron chi connectivity index (χ1n) is 11.5. The number of benzene rings is 3. The molecule has 3 rings (SSSR count). The van der Waals surface area contributed by atoms with Gasteiger partial charge in [-0.3, -0.25) is 9.59 Å². The number of nitrogens with one attached hydrogen (secondary N) is 2. The number of amides is 2. The summed E-state index contributed by atoms with van der Waals surface area (Å²) >= 11 is 12.1. The van der Waals surface area contributed by atoms with Gasteiger partial charge in [0.1, 0.15) is 24.1 Å². The Bertz CT molecular complexity index is 1250. The number of nitrogens with zero attached hydrogens (tertiary/aromatic N) is 1.